The molecule has 1 heterocycles. The molecule has 1 atom stereocenters. The summed E-state index contributed by atoms with van der Waals surface area (Å²) in [6.07, 6.45) is 0. The summed E-state index contributed by atoms with van der Waals surface area (Å²) >= 11 is 0. The monoisotopic (exact) mass is 97.1 g/mol. The van der Waals surface area contributed by atoms with Gasteiger partial charge in [-0.1, -0.05) is 19.1 Å². The van der Waals surface area contributed by atoms with Crippen LogP contribution < -0.4 is 5.32 Å². The van der Waals surface area contributed by atoms with Crippen molar-refractivity contribution in [3.05, 3.63) is 12.2 Å². The van der Waals surface area contributed by atoms with Crippen molar-refractivity contribution in [3.8, 4) is 0 Å². The first-order valence-electron chi connectivity index (χ1n) is 2.69. The first-order chi connectivity index (χ1) is 3.30. The van der Waals surface area contributed by atoms with Crippen molar-refractivity contribution in [1.29, 1.82) is 0 Å². The summed E-state index contributed by atoms with van der Waals surface area (Å²) < 4.78 is 0. The minimum absolute atomic E-state index is 0.708. The molecule has 0 spiro atoms. The second-order valence-electron chi connectivity index (χ2n) is 2.19. The second kappa shape index (κ2) is 1.66. The molecule has 1 aliphatic heterocycles. The molecular formula is C6H11N. The highest BCUT2D eigenvalue weighted by Gasteiger charge is 2.11. The summed E-state index contributed by atoms with van der Waals surface area (Å²) in [5, 5.41) is 3.22. The summed E-state index contributed by atoms with van der Waals surface area (Å²) in [5.74, 6) is 0.708. The minimum Gasteiger partial charge on any atom is -0.312 e. The zero-order valence-corrected chi connectivity index (χ0v) is 4.70. The molecule has 0 bridgehead atoms. The van der Waals surface area contributed by atoms with Gasteiger partial charge >= 0.3 is 0 Å². The molecule has 0 amide bonds. The minimum atomic E-state index is 0.708. The van der Waals surface area contributed by atoms with Gasteiger partial charge in [-0.3, -0.25) is 0 Å². The van der Waals surface area contributed by atoms with Crippen LogP contribution in [0.4, 0.5) is 0 Å². The van der Waals surface area contributed by atoms with Crippen molar-refractivity contribution in [1.82, 2.24) is 5.32 Å². The van der Waals surface area contributed by atoms with Crippen molar-refractivity contribution in [2.24, 2.45) is 5.92 Å². The number of hydrogen-bond donors (Lipinski definition) is 1. The Labute approximate surface area is 44.4 Å². The third-order valence-electron chi connectivity index (χ3n) is 1.50. The van der Waals surface area contributed by atoms with Gasteiger partial charge in [0.2, 0.25) is 0 Å². The van der Waals surface area contributed by atoms with Crippen LogP contribution in [-0.2, 0) is 0 Å². The summed E-state index contributed by atoms with van der Waals surface area (Å²) in [6.45, 7) is 8.22. The van der Waals surface area contributed by atoms with Gasteiger partial charge in [-0.2, -0.15) is 0 Å². The topological polar surface area (TPSA) is 12.0 Å². The molecule has 0 aromatic heterocycles. The zero-order chi connectivity index (χ0) is 5.28. The predicted molar refractivity (Wildman–Crippen MR) is 31.2 cm³/mol. The molecule has 1 aliphatic rings. The Bertz CT molecular complexity index is 86.2. The van der Waals surface area contributed by atoms with E-state index in [2.05, 4.69) is 18.8 Å². The van der Waals surface area contributed by atoms with Crippen LogP contribution in [-0.4, -0.2) is 13.1 Å². The fraction of sp³-hybridized carbons (Fsp3) is 0.667. The summed E-state index contributed by atoms with van der Waals surface area (Å²) in [6, 6.07) is 0. The van der Waals surface area contributed by atoms with Gasteiger partial charge in [0.25, 0.3) is 0 Å². The fourth-order valence-corrected chi connectivity index (χ4v) is 0.768. The van der Waals surface area contributed by atoms with E-state index in [1.807, 2.05) is 0 Å². The van der Waals surface area contributed by atoms with Gasteiger partial charge in [-0.25, -0.2) is 0 Å². The highest BCUT2D eigenvalue weighted by Crippen LogP contribution is 2.10. The van der Waals surface area contributed by atoms with E-state index in [1.54, 1.807) is 0 Å². The Balaban J connectivity index is 2.48. The Morgan fingerprint density at radius 3 is 2.71 bits per heavy atom. The quantitative estimate of drug-likeness (QED) is 0.440. The Morgan fingerprint density at radius 1 is 1.86 bits per heavy atom. The van der Waals surface area contributed by atoms with Gasteiger partial charge in [-0.15, -0.1) is 0 Å². The fourth-order valence-electron chi connectivity index (χ4n) is 0.768. The molecule has 1 N–H and O–H groups in total. The molecule has 1 rings (SSSR count). The van der Waals surface area contributed by atoms with Crippen molar-refractivity contribution in [2.75, 3.05) is 13.1 Å². The predicted octanol–water partition coefficient (Wildman–Crippen LogP) is 0.782. The molecular weight excluding hydrogens is 86.1 g/mol. The highest BCUT2D eigenvalue weighted by molar-refractivity contribution is 5.06. The van der Waals surface area contributed by atoms with E-state index in [-0.39, 0.29) is 0 Å². The summed E-state index contributed by atoms with van der Waals surface area (Å²) in [4.78, 5) is 0. The normalized spacial score (nSPS) is 31.6. The molecule has 1 heteroatoms. The van der Waals surface area contributed by atoms with Gasteiger partial charge in [0.1, 0.15) is 0 Å². The zero-order valence-electron chi connectivity index (χ0n) is 4.70. The average molecular weight is 97.2 g/mol. The molecule has 0 saturated carbocycles. The maximum atomic E-state index is 3.87. The third kappa shape index (κ3) is 0.829. The van der Waals surface area contributed by atoms with Gasteiger partial charge in [0.15, 0.2) is 0 Å². The Hall–Kier alpha value is -0.300. The van der Waals surface area contributed by atoms with Crippen molar-refractivity contribution in [3.63, 3.8) is 0 Å². The lowest BCUT2D eigenvalue weighted by Crippen LogP contribution is -2.06. The number of nitrogens with one attached hydrogen (secondary N) is 1. The highest BCUT2D eigenvalue weighted by atomic mass is 14.9. The molecule has 1 saturated heterocycles. The van der Waals surface area contributed by atoms with Crippen LogP contribution in [0.3, 0.4) is 0 Å². The summed E-state index contributed by atoms with van der Waals surface area (Å²) in [7, 11) is 0. The molecule has 1 fully saturated rings. The van der Waals surface area contributed by atoms with Crippen LogP contribution in [0.25, 0.3) is 0 Å². The SMILES string of the molecule is C=C1CNC[C@H]1C. The van der Waals surface area contributed by atoms with Gasteiger partial charge < -0.3 is 5.32 Å². The van der Waals surface area contributed by atoms with Gasteiger partial charge in [0.05, 0.1) is 0 Å². The van der Waals surface area contributed by atoms with Crippen LogP contribution in [0.15, 0.2) is 12.2 Å². The molecule has 1 nitrogen and oxygen atoms in total. The molecule has 0 aliphatic carbocycles. The molecule has 0 aromatic rings. The van der Waals surface area contributed by atoms with E-state index in [0.717, 1.165) is 13.1 Å². The maximum Gasteiger partial charge on any atom is 0.0165 e. The smallest absolute Gasteiger partial charge is 0.0165 e. The molecule has 0 radical (unpaired) electrons. The molecule has 40 valence electrons. The third-order valence-corrected chi connectivity index (χ3v) is 1.50. The molecule has 7 heavy (non-hydrogen) atoms. The standard InChI is InChI=1S/C6H11N/c1-5-3-7-4-6(5)2/h6-7H,1,3-4H2,2H3/t6-/m1/s1. The Kier molecular flexibility index (Phi) is 1.15. The van der Waals surface area contributed by atoms with Crippen LogP contribution in [0.2, 0.25) is 0 Å². The maximum absolute atomic E-state index is 3.87. The lowest BCUT2D eigenvalue weighted by molar-refractivity contribution is 0.720. The lowest BCUT2D eigenvalue weighted by atomic mass is 10.1. The van der Waals surface area contributed by atoms with E-state index in [0.29, 0.717) is 5.92 Å². The molecule has 0 aromatic carbocycles. The first-order valence-corrected chi connectivity index (χ1v) is 2.69. The Morgan fingerprint density at radius 2 is 2.57 bits per heavy atom. The van der Waals surface area contributed by atoms with Crippen molar-refractivity contribution in [2.45, 2.75) is 6.92 Å². The van der Waals surface area contributed by atoms with E-state index < -0.39 is 0 Å². The largest absolute Gasteiger partial charge is 0.312 e. The van der Waals surface area contributed by atoms with E-state index >= 15 is 0 Å². The van der Waals surface area contributed by atoms with Crippen LogP contribution in [0.5, 0.6) is 0 Å². The number of rotatable bonds is 0. The van der Waals surface area contributed by atoms with E-state index in [1.165, 1.54) is 5.57 Å². The number of hydrogen-bond acceptors (Lipinski definition) is 1. The second-order valence-corrected chi connectivity index (χ2v) is 2.19. The average Bonchev–Trinajstić information content (AvgIpc) is 1.91. The van der Waals surface area contributed by atoms with Crippen LogP contribution >= 0.6 is 0 Å². The van der Waals surface area contributed by atoms with Gasteiger partial charge in [0, 0.05) is 13.1 Å². The van der Waals surface area contributed by atoms with E-state index in [4.69, 9.17) is 0 Å². The first kappa shape index (κ1) is 4.85. The lowest BCUT2D eigenvalue weighted by Gasteiger charge is -1.95. The van der Waals surface area contributed by atoms with Crippen LogP contribution in [0, 0.1) is 5.92 Å². The molecule has 0 unspecified atom stereocenters. The van der Waals surface area contributed by atoms with Crippen molar-refractivity contribution < 1.29 is 0 Å². The van der Waals surface area contributed by atoms with Crippen LogP contribution in [0.1, 0.15) is 6.92 Å². The summed E-state index contributed by atoms with van der Waals surface area (Å²) in [5.41, 5.74) is 1.35. The van der Waals surface area contributed by atoms with E-state index in [9.17, 15) is 0 Å². The van der Waals surface area contributed by atoms with Crippen molar-refractivity contribution >= 4 is 0 Å². The van der Waals surface area contributed by atoms with Gasteiger partial charge in [-0.05, 0) is 5.92 Å².